The number of aromatic nitrogens is 3. The van der Waals surface area contributed by atoms with Crippen LogP contribution in [0.2, 0.25) is 0 Å². The third kappa shape index (κ3) is 5.41. The Morgan fingerprint density at radius 1 is 0.968 bits per heavy atom. The van der Waals surface area contributed by atoms with Crippen LogP contribution in [-0.4, -0.2) is 20.5 Å². The molecule has 0 fully saturated rings. The number of benzene rings is 2. The summed E-state index contributed by atoms with van der Waals surface area (Å²) in [6, 6.07) is 8.83. The van der Waals surface area contributed by atoms with Crippen LogP contribution in [0.3, 0.4) is 0 Å². The zero-order valence-electron chi connectivity index (χ0n) is 15.4. The molecule has 0 N–H and O–H groups in total. The molecule has 1 aromatic heterocycles. The average Bonchev–Trinajstić information content (AvgIpc) is 2.72. The van der Waals surface area contributed by atoms with Crippen LogP contribution < -0.4 is 4.74 Å². The van der Waals surface area contributed by atoms with Crippen LogP contribution in [0, 0.1) is 0 Å². The van der Waals surface area contributed by atoms with Crippen molar-refractivity contribution in [2.45, 2.75) is 7.59 Å². The van der Waals surface area contributed by atoms with Gasteiger partial charge < -0.3 is 4.74 Å². The number of hydrogen-bond acceptors (Lipinski definition) is 4. The molecule has 0 amide bonds. The normalized spacial score (nSPS) is 12.0. The third-order valence-corrected chi connectivity index (χ3v) is 5.67. The van der Waals surface area contributed by atoms with Gasteiger partial charge in [-0.2, -0.15) is 0 Å². The van der Waals surface area contributed by atoms with Crippen LogP contribution in [0.1, 0.15) is 16.7 Å². The fourth-order valence-corrected chi connectivity index (χ4v) is 4.41. The minimum absolute atomic E-state index is 0.152. The zero-order valence-corrected chi connectivity index (χ0v) is 21.6. The summed E-state index contributed by atoms with van der Waals surface area (Å²) in [5.41, 5.74) is 2.78. The van der Waals surface area contributed by atoms with Gasteiger partial charge in [0.1, 0.15) is 23.9 Å². The fraction of sp³-hybridized carbons (Fsp3) is 0.150. The third-order valence-electron chi connectivity index (χ3n) is 4.26. The van der Waals surface area contributed by atoms with Gasteiger partial charge in [-0.25, -0.2) is 15.0 Å². The van der Waals surface area contributed by atoms with E-state index in [9.17, 15) is 0 Å². The SMILES string of the molecule is C=Cc1c(OCBr)cc(C(Cl)(Cl)Cl)c(C(Cl)(Cl)Cl)c1-c1ccccc1-c1ncncn1. The molecule has 162 valence electrons. The Morgan fingerprint density at radius 3 is 2.10 bits per heavy atom. The van der Waals surface area contributed by atoms with Gasteiger partial charge in [0, 0.05) is 27.8 Å². The molecule has 1 heterocycles. The molecule has 0 radical (unpaired) electrons. The van der Waals surface area contributed by atoms with Gasteiger partial charge in [-0.1, -0.05) is 107 Å². The Bertz CT molecular complexity index is 1100. The number of alkyl halides is 7. The van der Waals surface area contributed by atoms with Crippen LogP contribution in [0.5, 0.6) is 5.75 Å². The summed E-state index contributed by atoms with van der Waals surface area (Å²) in [5, 5.41) is 0. The van der Waals surface area contributed by atoms with Crippen LogP contribution in [0.4, 0.5) is 0 Å². The number of nitrogens with zero attached hydrogens (tertiary/aromatic N) is 3. The van der Waals surface area contributed by atoms with Crippen molar-refractivity contribution < 1.29 is 4.74 Å². The Balaban J connectivity index is 2.53. The van der Waals surface area contributed by atoms with E-state index >= 15 is 0 Å². The van der Waals surface area contributed by atoms with Crippen molar-refractivity contribution in [3.63, 3.8) is 0 Å². The first-order valence-electron chi connectivity index (χ1n) is 8.48. The second-order valence-corrected chi connectivity index (χ2v) is 11.1. The summed E-state index contributed by atoms with van der Waals surface area (Å²) in [5.74, 6) is 0.796. The van der Waals surface area contributed by atoms with E-state index in [1.165, 1.54) is 18.7 Å². The molecule has 3 aromatic rings. The van der Waals surface area contributed by atoms with Crippen molar-refractivity contribution in [2.24, 2.45) is 0 Å². The molecule has 0 saturated heterocycles. The van der Waals surface area contributed by atoms with Crippen LogP contribution >= 0.6 is 85.5 Å². The highest BCUT2D eigenvalue weighted by molar-refractivity contribution is 9.09. The largest absolute Gasteiger partial charge is 0.482 e. The fourth-order valence-electron chi connectivity index (χ4n) is 3.13. The molecule has 0 spiro atoms. The monoisotopic (exact) mass is 599 g/mol. The summed E-state index contributed by atoms with van der Waals surface area (Å²) in [4.78, 5) is 12.4. The topological polar surface area (TPSA) is 47.9 Å². The van der Waals surface area contributed by atoms with Crippen LogP contribution in [0.15, 0.2) is 49.6 Å². The molecule has 31 heavy (non-hydrogen) atoms. The predicted molar refractivity (Wildman–Crippen MR) is 134 cm³/mol. The quantitative estimate of drug-likeness (QED) is 0.276. The van der Waals surface area contributed by atoms with E-state index in [0.717, 1.165) is 0 Å². The molecule has 0 saturated carbocycles. The van der Waals surface area contributed by atoms with E-state index in [-0.39, 0.29) is 16.6 Å². The molecule has 0 aliphatic carbocycles. The first-order chi connectivity index (χ1) is 14.6. The summed E-state index contributed by atoms with van der Waals surface area (Å²) >= 11 is 41.3. The van der Waals surface area contributed by atoms with E-state index in [1.54, 1.807) is 6.08 Å². The number of ether oxygens (including phenoxy) is 1. The van der Waals surface area contributed by atoms with Crippen molar-refractivity contribution in [3.8, 4) is 28.3 Å². The van der Waals surface area contributed by atoms with E-state index in [2.05, 4.69) is 37.5 Å². The van der Waals surface area contributed by atoms with Gasteiger partial charge in [0.2, 0.25) is 7.59 Å². The molecular weight excluding hydrogens is 591 g/mol. The molecule has 0 aliphatic heterocycles. The van der Waals surface area contributed by atoms with Gasteiger partial charge in [-0.15, -0.1) is 0 Å². The maximum absolute atomic E-state index is 6.41. The second-order valence-electron chi connectivity index (χ2n) is 6.05. The Hall–Kier alpha value is -0.790. The van der Waals surface area contributed by atoms with Crippen molar-refractivity contribution in [1.29, 1.82) is 0 Å². The molecule has 11 heteroatoms. The lowest BCUT2D eigenvalue weighted by Gasteiger charge is -2.28. The highest BCUT2D eigenvalue weighted by Crippen LogP contribution is 2.55. The smallest absolute Gasteiger partial charge is 0.217 e. The Kier molecular flexibility index (Phi) is 8.02. The van der Waals surface area contributed by atoms with Crippen molar-refractivity contribution in [2.75, 3.05) is 5.52 Å². The van der Waals surface area contributed by atoms with Crippen molar-refractivity contribution in [3.05, 3.63) is 66.3 Å². The van der Waals surface area contributed by atoms with Gasteiger partial charge in [0.05, 0.1) is 0 Å². The lowest BCUT2D eigenvalue weighted by atomic mass is 9.88. The lowest BCUT2D eigenvalue weighted by Crippen LogP contribution is -2.16. The van der Waals surface area contributed by atoms with Crippen LogP contribution in [-0.2, 0) is 7.59 Å². The highest BCUT2D eigenvalue weighted by atomic mass is 79.9. The van der Waals surface area contributed by atoms with E-state index < -0.39 is 7.59 Å². The minimum Gasteiger partial charge on any atom is -0.482 e. The Morgan fingerprint density at radius 2 is 1.58 bits per heavy atom. The first kappa shape index (κ1) is 24.8. The molecule has 0 unspecified atom stereocenters. The van der Waals surface area contributed by atoms with Gasteiger partial charge >= 0.3 is 0 Å². The van der Waals surface area contributed by atoms with E-state index in [4.69, 9.17) is 74.3 Å². The van der Waals surface area contributed by atoms with Gasteiger partial charge in [0.25, 0.3) is 0 Å². The van der Waals surface area contributed by atoms with Crippen LogP contribution in [0.25, 0.3) is 28.6 Å². The number of hydrogen-bond donors (Lipinski definition) is 0. The Labute approximate surface area is 217 Å². The first-order valence-corrected chi connectivity index (χ1v) is 11.9. The van der Waals surface area contributed by atoms with Gasteiger partial charge in [-0.3, -0.25) is 0 Å². The highest BCUT2D eigenvalue weighted by Gasteiger charge is 2.39. The van der Waals surface area contributed by atoms with Crippen molar-refractivity contribution in [1.82, 2.24) is 15.0 Å². The molecule has 2 aromatic carbocycles. The summed E-state index contributed by atoms with van der Waals surface area (Å²) < 4.78 is 1.87. The predicted octanol–water partition coefficient (Wildman–Crippen LogP) is 8.23. The van der Waals surface area contributed by atoms with Gasteiger partial charge in [-0.05, 0) is 27.6 Å². The summed E-state index contributed by atoms with van der Waals surface area (Å²) in [6.45, 7) is 3.91. The van der Waals surface area contributed by atoms with E-state index in [1.807, 2.05) is 24.3 Å². The number of halogens is 7. The maximum atomic E-state index is 6.41. The summed E-state index contributed by atoms with van der Waals surface area (Å²) in [7, 11) is 0. The standard InChI is InChI=1S/C20H12BrCl6N3O/c1-2-11-15(31-8-21)7-14(19(22,23)24)17(20(25,26)27)16(11)12-5-3-4-6-13(12)18-29-9-28-10-30-18/h2-7,9-10H,1,8H2. The molecular formula is C20H12BrCl6N3O. The molecule has 0 bridgehead atoms. The van der Waals surface area contributed by atoms with Gasteiger partial charge in [0.15, 0.2) is 5.82 Å². The molecule has 4 nitrogen and oxygen atoms in total. The van der Waals surface area contributed by atoms with E-state index in [0.29, 0.717) is 33.8 Å². The molecule has 0 aliphatic rings. The summed E-state index contributed by atoms with van der Waals surface area (Å²) in [6.07, 6.45) is 4.36. The van der Waals surface area contributed by atoms with Crippen molar-refractivity contribution >= 4 is 91.6 Å². The minimum atomic E-state index is -1.95. The second kappa shape index (κ2) is 10.0. The zero-order chi connectivity index (χ0) is 22.8. The average molecular weight is 603 g/mol. The lowest BCUT2D eigenvalue weighted by molar-refractivity contribution is 0.396. The maximum Gasteiger partial charge on any atom is 0.217 e. The molecule has 0 atom stereocenters. The molecule has 3 rings (SSSR count). The number of rotatable bonds is 5.